The van der Waals surface area contributed by atoms with Gasteiger partial charge in [-0.25, -0.2) is 0 Å². The first-order valence-corrected chi connectivity index (χ1v) is 6.12. The van der Waals surface area contributed by atoms with Gasteiger partial charge in [0.25, 0.3) is 0 Å². The van der Waals surface area contributed by atoms with Crippen LogP contribution in [-0.4, -0.2) is 29.2 Å². The summed E-state index contributed by atoms with van der Waals surface area (Å²) in [5.74, 6) is -0.135. The largest absolute Gasteiger partial charge is 0.394 e. The second kappa shape index (κ2) is 5.87. The van der Waals surface area contributed by atoms with Crippen molar-refractivity contribution in [1.29, 1.82) is 0 Å². The zero-order valence-electron chi connectivity index (χ0n) is 11.4. The van der Waals surface area contributed by atoms with E-state index in [1.54, 1.807) is 6.92 Å². The molecule has 0 aliphatic heterocycles. The second-order valence-corrected chi connectivity index (χ2v) is 5.17. The zero-order chi connectivity index (χ0) is 13.8. The summed E-state index contributed by atoms with van der Waals surface area (Å²) in [6, 6.07) is 7.63. The van der Waals surface area contributed by atoms with Crippen LogP contribution in [-0.2, 0) is 4.79 Å². The van der Waals surface area contributed by atoms with Crippen molar-refractivity contribution in [3.05, 3.63) is 29.8 Å². The van der Waals surface area contributed by atoms with Gasteiger partial charge in [0, 0.05) is 11.7 Å². The van der Waals surface area contributed by atoms with Crippen molar-refractivity contribution in [1.82, 2.24) is 5.32 Å². The Morgan fingerprint density at radius 1 is 1.33 bits per heavy atom. The van der Waals surface area contributed by atoms with Crippen molar-refractivity contribution in [2.45, 2.75) is 39.3 Å². The van der Waals surface area contributed by atoms with E-state index in [9.17, 15) is 4.79 Å². The number of carbonyl (C=O) groups excluding carboxylic acids is 1. The molecule has 0 fully saturated rings. The lowest BCUT2D eigenvalue weighted by atomic mass is 10.0. The molecular weight excluding hydrogens is 228 g/mol. The maximum Gasteiger partial charge on any atom is 0.245 e. The first-order chi connectivity index (χ1) is 8.35. The molecule has 0 radical (unpaired) electrons. The third-order valence-electron chi connectivity index (χ3n) is 2.73. The summed E-state index contributed by atoms with van der Waals surface area (Å²) >= 11 is 0. The molecule has 1 atom stereocenters. The Bertz CT molecular complexity index is 399. The second-order valence-electron chi connectivity index (χ2n) is 5.17. The van der Waals surface area contributed by atoms with Crippen LogP contribution < -0.4 is 10.6 Å². The number of aryl methyl sites for hydroxylation is 1. The average Bonchev–Trinajstić information content (AvgIpc) is 2.31. The molecule has 1 aromatic rings. The predicted molar refractivity (Wildman–Crippen MR) is 73.6 cm³/mol. The monoisotopic (exact) mass is 250 g/mol. The molecule has 18 heavy (non-hydrogen) atoms. The zero-order valence-corrected chi connectivity index (χ0v) is 11.4. The van der Waals surface area contributed by atoms with Crippen molar-refractivity contribution < 1.29 is 9.90 Å². The number of rotatable bonds is 5. The number of carbonyl (C=O) groups is 1. The molecule has 0 bridgehead atoms. The molecule has 1 amide bonds. The minimum absolute atomic E-state index is 0.0631. The van der Waals surface area contributed by atoms with E-state index in [1.807, 2.05) is 45.0 Å². The fraction of sp³-hybridized carbons (Fsp3) is 0.500. The van der Waals surface area contributed by atoms with Crippen molar-refractivity contribution in [2.24, 2.45) is 0 Å². The minimum atomic E-state index is -0.724. The van der Waals surface area contributed by atoms with Crippen LogP contribution in [0.2, 0.25) is 0 Å². The summed E-state index contributed by atoms with van der Waals surface area (Å²) in [5.41, 5.74) is 1.35. The lowest BCUT2D eigenvalue weighted by Crippen LogP contribution is -2.51. The Hall–Kier alpha value is -1.55. The van der Waals surface area contributed by atoms with Crippen LogP contribution in [0.1, 0.15) is 26.3 Å². The Labute approximate surface area is 108 Å². The number of amides is 1. The van der Waals surface area contributed by atoms with Crippen LogP contribution in [0.25, 0.3) is 0 Å². The molecule has 0 aliphatic rings. The quantitative estimate of drug-likeness (QED) is 0.745. The molecule has 4 nitrogen and oxygen atoms in total. The fourth-order valence-electron chi connectivity index (χ4n) is 1.50. The minimum Gasteiger partial charge on any atom is -0.394 e. The van der Waals surface area contributed by atoms with Gasteiger partial charge in [0.15, 0.2) is 0 Å². The molecule has 0 spiro atoms. The van der Waals surface area contributed by atoms with Crippen molar-refractivity contribution >= 4 is 11.6 Å². The lowest BCUT2D eigenvalue weighted by Gasteiger charge is -2.27. The van der Waals surface area contributed by atoms with Crippen LogP contribution in [0, 0.1) is 6.92 Å². The van der Waals surface area contributed by atoms with E-state index in [4.69, 9.17) is 5.11 Å². The highest BCUT2D eigenvalue weighted by atomic mass is 16.3. The van der Waals surface area contributed by atoms with Crippen LogP contribution in [0.3, 0.4) is 0 Å². The van der Waals surface area contributed by atoms with Gasteiger partial charge < -0.3 is 15.7 Å². The number of hydrogen-bond acceptors (Lipinski definition) is 3. The molecule has 0 saturated heterocycles. The van der Waals surface area contributed by atoms with Crippen LogP contribution in [0.4, 0.5) is 5.69 Å². The molecule has 1 aromatic carbocycles. The molecule has 0 aliphatic carbocycles. The van der Waals surface area contributed by atoms with Gasteiger partial charge in [-0.3, -0.25) is 4.79 Å². The maximum absolute atomic E-state index is 12.0. The normalized spacial score (nSPS) is 12.9. The van der Waals surface area contributed by atoms with Crippen molar-refractivity contribution in [3.8, 4) is 0 Å². The molecule has 1 unspecified atom stereocenters. The third kappa shape index (κ3) is 4.04. The van der Waals surface area contributed by atoms with Gasteiger partial charge in [0.2, 0.25) is 5.91 Å². The molecule has 4 heteroatoms. The van der Waals surface area contributed by atoms with Gasteiger partial charge in [0.05, 0.1) is 6.61 Å². The Kier molecular flexibility index (Phi) is 4.73. The molecular formula is C14H22N2O2. The van der Waals surface area contributed by atoms with Crippen LogP contribution in [0.15, 0.2) is 24.3 Å². The molecule has 1 rings (SSSR count). The first kappa shape index (κ1) is 14.5. The number of aliphatic hydroxyl groups excluding tert-OH is 1. The molecule has 0 heterocycles. The van der Waals surface area contributed by atoms with Crippen molar-refractivity contribution in [2.75, 3.05) is 11.9 Å². The SMILES string of the molecule is Cc1ccc(NC(C)(C)C(=O)NC(C)CO)cc1. The van der Waals surface area contributed by atoms with E-state index in [0.29, 0.717) is 0 Å². The Morgan fingerprint density at radius 2 is 1.89 bits per heavy atom. The highest BCUT2D eigenvalue weighted by Crippen LogP contribution is 2.16. The summed E-state index contributed by atoms with van der Waals surface area (Å²) in [6.45, 7) is 7.34. The summed E-state index contributed by atoms with van der Waals surface area (Å²) in [4.78, 5) is 12.0. The molecule has 100 valence electrons. The van der Waals surface area contributed by atoms with E-state index in [-0.39, 0.29) is 18.6 Å². The van der Waals surface area contributed by atoms with E-state index in [2.05, 4.69) is 10.6 Å². The average molecular weight is 250 g/mol. The van der Waals surface area contributed by atoms with E-state index < -0.39 is 5.54 Å². The van der Waals surface area contributed by atoms with E-state index in [0.717, 1.165) is 5.69 Å². The lowest BCUT2D eigenvalue weighted by molar-refractivity contribution is -0.125. The van der Waals surface area contributed by atoms with Crippen LogP contribution in [0.5, 0.6) is 0 Å². The standard InChI is InChI=1S/C14H22N2O2/c1-10-5-7-12(8-6-10)16-14(3,4)13(18)15-11(2)9-17/h5-8,11,16-17H,9H2,1-4H3,(H,15,18). The van der Waals surface area contributed by atoms with Gasteiger partial charge >= 0.3 is 0 Å². The number of benzene rings is 1. The smallest absolute Gasteiger partial charge is 0.245 e. The fourth-order valence-corrected chi connectivity index (χ4v) is 1.50. The van der Waals surface area contributed by atoms with Crippen molar-refractivity contribution in [3.63, 3.8) is 0 Å². The number of anilines is 1. The van der Waals surface area contributed by atoms with E-state index in [1.165, 1.54) is 5.56 Å². The first-order valence-electron chi connectivity index (χ1n) is 6.12. The number of hydrogen-bond donors (Lipinski definition) is 3. The molecule has 0 saturated carbocycles. The van der Waals surface area contributed by atoms with Gasteiger partial charge in [0.1, 0.15) is 5.54 Å². The number of nitrogens with one attached hydrogen (secondary N) is 2. The highest BCUT2D eigenvalue weighted by molar-refractivity contribution is 5.88. The summed E-state index contributed by atoms with van der Waals surface area (Å²) in [5, 5.41) is 14.9. The van der Waals surface area contributed by atoms with Gasteiger partial charge in [-0.05, 0) is 39.8 Å². The number of aliphatic hydroxyl groups is 1. The van der Waals surface area contributed by atoms with Gasteiger partial charge in [-0.15, -0.1) is 0 Å². The summed E-state index contributed by atoms with van der Waals surface area (Å²) in [6.07, 6.45) is 0. The van der Waals surface area contributed by atoms with E-state index >= 15 is 0 Å². The highest BCUT2D eigenvalue weighted by Gasteiger charge is 2.28. The third-order valence-corrected chi connectivity index (χ3v) is 2.73. The van der Waals surface area contributed by atoms with Gasteiger partial charge in [-0.2, -0.15) is 0 Å². The topological polar surface area (TPSA) is 61.4 Å². The Morgan fingerprint density at radius 3 is 2.39 bits per heavy atom. The summed E-state index contributed by atoms with van der Waals surface area (Å²) in [7, 11) is 0. The summed E-state index contributed by atoms with van der Waals surface area (Å²) < 4.78 is 0. The molecule has 3 N–H and O–H groups in total. The van der Waals surface area contributed by atoms with Gasteiger partial charge in [-0.1, -0.05) is 17.7 Å². The Balaban J connectivity index is 2.68. The maximum atomic E-state index is 12.0. The predicted octanol–water partition coefficient (Wildman–Crippen LogP) is 1.68. The van der Waals surface area contributed by atoms with Crippen LogP contribution >= 0.6 is 0 Å². The molecule has 0 aromatic heterocycles.